The number of alkyl halides is 3. The molecule has 100 valence electrons. The highest BCUT2D eigenvalue weighted by atomic mass is 32.2. The molecule has 1 N–H and O–H groups in total. The molecule has 0 amide bonds. The van der Waals surface area contributed by atoms with E-state index in [9.17, 15) is 18.0 Å². The molecule has 6 heteroatoms. The Labute approximate surface area is 107 Å². The van der Waals surface area contributed by atoms with Crippen LogP contribution in [0.4, 0.5) is 13.2 Å². The Balaban J connectivity index is 3.09. The molecule has 1 rings (SSSR count). The minimum absolute atomic E-state index is 0.280. The van der Waals surface area contributed by atoms with Crippen LogP contribution in [-0.2, 0) is 11.9 Å². The SMILES string of the molecule is CC(C)SCc1ccc(C(F)(F)F)cc1C(=O)O. The summed E-state index contributed by atoms with van der Waals surface area (Å²) in [6.07, 6.45) is -4.52. The molecule has 0 aromatic heterocycles. The van der Waals surface area contributed by atoms with Crippen molar-refractivity contribution in [3.63, 3.8) is 0 Å². The number of carboxylic acid groups (broad SMARTS) is 1. The summed E-state index contributed by atoms with van der Waals surface area (Å²) in [5.74, 6) is -0.947. The molecule has 0 bridgehead atoms. The number of halogens is 3. The van der Waals surface area contributed by atoms with E-state index >= 15 is 0 Å². The van der Waals surface area contributed by atoms with Crippen LogP contribution in [-0.4, -0.2) is 16.3 Å². The van der Waals surface area contributed by atoms with E-state index in [1.165, 1.54) is 17.8 Å². The smallest absolute Gasteiger partial charge is 0.416 e. The predicted molar refractivity (Wildman–Crippen MR) is 64.8 cm³/mol. The summed E-state index contributed by atoms with van der Waals surface area (Å²) in [5, 5.41) is 9.23. The minimum Gasteiger partial charge on any atom is -0.478 e. The number of benzene rings is 1. The zero-order valence-electron chi connectivity index (χ0n) is 9.91. The van der Waals surface area contributed by atoms with E-state index in [2.05, 4.69) is 0 Å². The maximum absolute atomic E-state index is 12.5. The summed E-state index contributed by atoms with van der Waals surface area (Å²) in [4.78, 5) is 11.0. The molecule has 0 aliphatic rings. The molecule has 2 nitrogen and oxygen atoms in total. The molecule has 0 spiro atoms. The quantitative estimate of drug-likeness (QED) is 0.903. The van der Waals surface area contributed by atoms with Crippen LogP contribution in [0.2, 0.25) is 0 Å². The third-order valence-corrected chi connectivity index (χ3v) is 3.38. The van der Waals surface area contributed by atoms with E-state index in [0.717, 1.165) is 6.07 Å². The van der Waals surface area contributed by atoms with Crippen molar-refractivity contribution in [3.8, 4) is 0 Å². The van der Waals surface area contributed by atoms with Crippen molar-refractivity contribution in [1.29, 1.82) is 0 Å². The Morgan fingerprint density at radius 3 is 2.44 bits per heavy atom. The second-order valence-electron chi connectivity index (χ2n) is 4.03. The van der Waals surface area contributed by atoms with Gasteiger partial charge >= 0.3 is 12.1 Å². The van der Waals surface area contributed by atoms with Gasteiger partial charge in [0.15, 0.2) is 0 Å². The van der Waals surface area contributed by atoms with E-state index in [4.69, 9.17) is 5.11 Å². The fraction of sp³-hybridized carbons (Fsp3) is 0.417. The maximum Gasteiger partial charge on any atom is 0.416 e. The van der Waals surface area contributed by atoms with Gasteiger partial charge in [-0.1, -0.05) is 19.9 Å². The van der Waals surface area contributed by atoms with Gasteiger partial charge in [-0.3, -0.25) is 0 Å². The second-order valence-corrected chi connectivity index (χ2v) is 5.60. The van der Waals surface area contributed by atoms with Crippen molar-refractivity contribution in [1.82, 2.24) is 0 Å². The molecule has 1 aromatic rings. The molecule has 0 unspecified atom stereocenters. The molecule has 18 heavy (non-hydrogen) atoms. The lowest BCUT2D eigenvalue weighted by molar-refractivity contribution is -0.137. The van der Waals surface area contributed by atoms with Crippen LogP contribution in [0.15, 0.2) is 18.2 Å². The molecule has 0 radical (unpaired) electrons. The van der Waals surface area contributed by atoms with Crippen LogP contribution in [0.1, 0.15) is 35.3 Å². The lowest BCUT2D eigenvalue weighted by Crippen LogP contribution is -2.09. The summed E-state index contributed by atoms with van der Waals surface area (Å²) in [6, 6.07) is 2.85. The van der Waals surface area contributed by atoms with Crippen molar-refractivity contribution in [2.75, 3.05) is 0 Å². The second kappa shape index (κ2) is 5.65. The third-order valence-electron chi connectivity index (χ3n) is 2.24. The minimum atomic E-state index is -4.52. The van der Waals surface area contributed by atoms with E-state index in [0.29, 0.717) is 17.4 Å². The van der Waals surface area contributed by atoms with Gasteiger partial charge in [0.1, 0.15) is 0 Å². The van der Waals surface area contributed by atoms with Crippen LogP contribution >= 0.6 is 11.8 Å². The van der Waals surface area contributed by atoms with Gasteiger partial charge in [0.2, 0.25) is 0 Å². The molecule has 0 saturated heterocycles. The van der Waals surface area contributed by atoms with Crippen molar-refractivity contribution in [2.45, 2.75) is 31.0 Å². The molecule has 1 aromatic carbocycles. The Kier molecular flexibility index (Phi) is 4.67. The van der Waals surface area contributed by atoms with Crippen molar-refractivity contribution in [3.05, 3.63) is 34.9 Å². The lowest BCUT2D eigenvalue weighted by Gasteiger charge is -2.12. The number of aromatic carboxylic acids is 1. The first-order valence-electron chi connectivity index (χ1n) is 5.27. The monoisotopic (exact) mass is 278 g/mol. The Hall–Kier alpha value is -1.17. The van der Waals surface area contributed by atoms with Gasteiger partial charge in [0.25, 0.3) is 0 Å². The standard InChI is InChI=1S/C12H13F3O2S/c1-7(2)18-6-8-3-4-9(12(13,14)15)5-10(8)11(16)17/h3-5,7H,6H2,1-2H3,(H,16,17). The predicted octanol–water partition coefficient (Wildman–Crippen LogP) is 4.05. The van der Waals surface area contributed by atoms with Crippen LogP contribution in [0.25, 0.3) is 0 Å². The average molecular weight is 278 g/mol. The Morgan fingerprint density at radius 2 is 2.00 bits per heavy atom. The lowest BCUT2D eigenvalue weighted by atomic mass is 10.0. The number of carboxylic acids is 1. The van der Waals surface area contributed by atoms with E-state index < -0.39 is 17.7 Å². The van der Waals surface area contributed by atoms with E-state index in [1.54, 1.807) is 0 Å². The third kappa shape index (κ3) is 3.94. The Morgan fingerprint density at radius 1 is 1.39 bits per heavy atom. The molecule has 0 atom stereocenters. The van der Waals surface area contributed by atoms with Crippen LogP contribution in [0.3, 0.4) is 0 Å². The first kappa shape index (κ1) is 14.9. The zero-order chi connectivity index (χ0) is 13.9. The summed E-state index contributed by atoms with van der Waals surface area (Å²) < 4.78 is 37.4. The van der Waals surface area contributed by atoms with Gasteiger partial charge < -0.3 is 5.11 Å². The van der Waals surface area contributed by atoms with Gasteiger partial charge in [0, 0.05) is 5.75 Å². The fourth-order valence-electron chi connectivity index (χ4n) is 1.33. The van der Waals surface area contributed by atoms with Gasteiger partial charge in [-0.15, -0.1) is 0 Å². The van der Waals surface area contributed by atoms with Gasteiger partial charge in [-0.2, -0.15) is 24.9 Å². The molecular formula is C12H13F3O2S. The van der Waals surface area contributed by atoms with Crippen molar-refractivity contribution >= 4 is 17.7 Å². The van der Waals surface area contributed by atoms with Crippen molar-refractivity contribution < 1.29 is 23.1 Å². The highest BCUT2D eigenvalue weighted by molar-refractivity contribution is 7.99. The van der Waals surface area contributed by atoms with Gasteiger partial charge in [-0.25, -0.2) is 4.79 Å². The summed E-state index contributed by atoms with van der Waals surface area (Å²) in [5.41, 5.74) is -0.801. The first-order chi connectivity index (χ1) is 8.21. The summed E-state index contributed by atoms with van der Waals surface area (Å²) >= 11 is 1.48. The highest BCUT2D eigenvalue weighted by Gasteiger charge is 2.31. The van der Waals surface area contributed by atoms with Crippen LogP contribution in [0, 0.1) is 0 Å². The average Bonchev–Trinajstić information content (AvgIpc) is 2.24. The van der Waals surface area contributed by atoms with Crippen molar-refractivity contribution in [2.24, 2.45) is 0 Å². The molecule has 0 aliphatic heterocycles. The molecule has 0 heterocycles. The number of hydrogen-bond acceptors (Lipinski definition) is 2. The molecular weight excluding hydrogens is 265 g/mol. The van der Waals surface area contributed by atoms with E-state index in [1.807, 2.05) is 13.8 Å². The van der Waals surface area contributed by atoms with Crippen LogP contribution in [0.5, 0.6) is 0 Å². The number of rotatable bonds is 4. The molecule has 0 saturated carbocycles. The zero-order valence-corrected chi connectivity index (χ0v) is 10.7. The fourth-order valence-corrected chi connectivity index (χ4v) is 2.10. The maximum atomic E-state index is 12.5. The topological polar surface area (TPSA) is 37.3 Å². The number of thioether (sulfide) groups is 1. The molecule has 0 fully saturated rings. The van der Waals surface area contributed by atoms with Gasteiger partial charge in [-0.05, 0) is 22.9 Å². The summed E-state index contributed by atoms with van der Waals surface area (Å²) in [7, 11) is 0. The number of hydrogen-bond donors (Lipinski definition) is 1. The van der Waals surface area contributed by atoms with Gasteiger partial charge in [0.05, 0.1) is 11.1 Å². The first-order valence-corrected chi connectivity index (χ1v) is 6.31. The largest absolute Gasteiger partial charge is 0.478 e. The highest BCUT2D eigenvalue weighted by Crippen LogP contribution is 2.31. The van der Waals surface area contributed by atoms with Crippen LogP contribution < -0.4 is 0 Å². The Bertz CT molecular complexity index is 441. The molecule has 0 aliphatic carbocycles. The summed E-state index contributed by atoms with van der Waals surface area (Å²) in [6.45, 7) is 3.88. The number of carbonyl (C=O) groups is 1. The normalized spacial score (nSPS) is 11.9. The van der Waals surface area contributed by atoms with E-state index in [-0.39, 0.29) is 10.8 Å².